The Bertz CT molecular complexity index is 1260. The van der Waals surface area contributed by atoms with Crippen LogP contribution >= 0.6 is 11.3 Å². The van der Waals surface area contributed by atoms with Crippen LogP contribution in [0.5, 0.6) is 0 Å². The molecule has 0 saturated carbocycles. The van der Waals surface area contributed by atoms with Crippen molar-refractivity contribution in [3.05, 3.63) is 40.7 Å². The number of nitrogens with zero attached hydrogens (tertiary/aromatic N) is 4. The van der Waals surface area contributed by atoms with Gasteiger partial charge in [0.15, 0.2) is 0 Å². The number of aromatic nitrogens is 3. The maximum Gasteiger partial charge on any atom is 0.253 e. The minimum atomic E-state index is -0.539. The van der Waals surface area contributed by atoms with Gasteiger partial charge in [-0.3, -0.25) is 19.5 Å². The summed E-state index contributed by atoms with van der Waals surface area (Å²) in [4.78, 5) is 32.8. The van der Waals surface area contributed by atoms with E-state index in [0.717, 1.165) is 21.8 Å². The van der Waals surface area contributed by atoms with Gasteiger partial charge in [0.25, 0.3) is 5.91 Å². The molecule has 0 bridgehead atoms. The normalized spacial score (nSPS) is 19.0. The second-order valence-electron chi connectivity index (χ2n) is 8.67. The summed E-state index contributed by atoms with van der Waals surface area (Å²) < 4.78 is 12.6. The van der Waals surface area contributed by atoms with E-state index >= 15 is 0 Å². The summed E-state index contributed by atoms with van der Waals surface area (Å²) in [6.45, 7) is 8.04. The monoisotopic (exact) mass is 498 g/mol. The number of rotatable bonds is 8. The van der Waals surface area contributed by atoms with Crippen LogP contribution in [-0.4, -0.2) is 76.9 Å². The molecular weight excluding hydrogens is 468 g/mol. The molecule has 1 fully saturated rings. The van der Waals surface area contributed by atoms with Crippen molar-refractivity contribution in [3.63, 3.8) is 0 Å². The number of primary amides is 1. The molecule has 3 aromatic rings. The summed E-state index contributed by atoms with van der Waals surface area (Å²) in [5, 5.41) is 7.39. The highest BCUT2D eigenvalue weighted by Gasteiger charge is 2.24. The molecule has 35 heavy (non-hydrogen) atoms. The van der Waals surface area contributed by atoms with Crippen molar-refractivity contribution in [1.82, 2.24) is 19.5 Å². The third kappa shape index (κ3) is 5.59. The highest BCUT2D eigenvalue weighted by Crippen LogP contribution is 2.36. The molecule has 0 spiro atoms. The van der Waals surface area contributed by atoms with Gasteiger partial charge in [-0.1, -0.05) is 6.08 Å². The summed E-state index contributed by atoms with van der Waals surface area (Å²) in [6.07, 6.45) is 7.10. The summed E-state index contributed by atoms with van der Waals surface area (Å²) in [5.74, 6) is -0.656. The van der Waals surface area contributed by atoms with E-state index in [1.54, 1.807) is 17.8 Å². The van der Waals surface area contributed by atoms with Crippen molar-refractivity contribution in [2.45, 2.75) is 33.0 Å². The lowest BCUT2D eigenvalue weighted by atomic mass is 10.1. The molecule has 3 N–H and O–H groups in total. The number of carbonyl (C=O) groups is 2. The minimum Gasteiger partial charge on any atom is -0.381 e. The number of aryl methyl sites for hydroxylation is 1. The van der Waals surface area contributed by atoms with E-state index in [1.807, 2.05) is 39.0 Å². The number of nitrogens with two attached hydrogens (primary N) is 1. The molecular formula is C24H30N6O4S. The van der Waals surface area contributed by atoms with Crippen LogP contribution in [0, 0.1) is 6.92 Å². The van der Waals surface area contributed by atoms with Crippen LogP contribution < -0.4 is 11.1 Å². The lowest BCUT2D eigenvalue weighted by molar-refractivity contribution is -0.121. The molecule has 1 aliphatic rings. The first-order chi connectivity index (χ1) is 16.8. The van der Waals surface area contributed by atoms with Crippen LogP contribution in [0.3, 0.4) is 0 Å². The van der Waals surface area contributed by atoms with Crippen LogP contribution in [0.4, 0.5) is 5.69 Å². The van der Waals surface area contributed by atoms with Gasteiger partial charge in [0, 0.05) is 31.5 Å². The number of anilines is 1. The second kappa shape index (κ2) is 10.6. The maximum absolute atomic E-state index is 12.8. The van der Waals surface area contributed by atoms with Gasteiger partial charge >= 0.3 is 0 Å². The quantitative estimate of drug-likeness (QED) is 0.489. The number of morpholine rings is 1. The predicted octanol–water partition coefficient (Wildman–Crippen LogP) is 2.57. The molecule has 1 saturated heterocycles. The van der Waals surface area contributed by atoms with Gasteiger partial charge < -0.3 is 20.5 Å². The fraction of sp³-hybridized carbons (Fsp3) is 0.417. The number of fused-ring (bicyclic) bond motifs is 1. The maximum atomic E-state index is 12.8. The Labute approximate surface area is 207 Å². The first-order valence-electron chi connectivity index (χ1n) is 11.4. The average Bonchev–Trinajstić information content (AvgIpc) is 3.33. The van der Waals surface area contributed by atoms with Crippen LogP contribution in [0.15, 0.2) is 24.5 Å². The molecule has 3 aromatic heterocycles. The van der Waals surface area contributed by atoms with Crippen LogP contribution in [0.1, 0.15) is 34.8 Å². The Morgan fingerprint density at radius 1 is 1.31 bits per heavy atom. The van der Waals surface area contributed by atoms with E-state index in [4.69, 9.17) is 15.2 Å². The highest BCUT2D eigenvalue weighted by molar-refractivity contribution is 7.19. The van der Waals surface area contributed by atoms with Crippen molar-refractivity contribution >= 4 is 39.7 Å². The Morgan fingerprint density at radius 3 is 2.74 bits per heavy atom. The third-order valence-electron chi connectivity index (χ3n) is 5.66. The van der Waals surface area contributed by atoms with Gasteiger partial charge in [-0.2, -0.15) is 5.10 Å². The summed E-state index contributed by atoms with van der Waals surface area (Å²) in [6, 6.07) is 1.88. The van der Waals surface area contributed by atoms with E-state index in [0.29, 0.717) is 35.8 Å². The molecule has 186 valence electrons. The second-order valence-corrected chi connectivity index (χ2v) is 9.70. The van der Waals surface area contributed by atoms with E-state index in [2.05, 4.69) is 20.3 Å². The largest absolute Gasteiger partial charge is 0.381 e. The Kier molecular flexibility index (Phi) is 7.60. The number of nitrogens with one attached hydrogen (secondary N) is 1. The molecule has 0 unspecified atom stereocenters. The molecule has 10 nitrogen and oxygen atoms in total. The van der Waals surface area contributed by atoms with Gasteiger partial charge in [0.2, 0.25) is 5.91 Å². The third-order valence-corrected chi connectivity index (χ3v) is 6.80. The van der Waals surface area contributed by atoms with Crippen LogP contribution in [-0.2, 0) is 14.3 Å². The van der Waals surface area contributed by atoms with E-state index in [-0.39, 0.29) is 24.7 Å². The number of hydrogen-bond donors (Lipinski definition) is 2. The fourth-order valence-electron chi connectivity index (χ4n) is 4.29. The van der Waals surface area contributed by atoms with Crippen molar-refractivity contribution in [3.8, 4) is 11.3 Å². The number of carbonyl (C=O) groups excluding carboxylic acids is 2. The van der Waals surface area contributed by atoms with Gasteiger partial charge in [0.05, 0.1) is 59.6 Å². The molecule has 1 aliphatic heterocycles. The zero-order valence-electron chi connectivity index (χ0n) is 20.3. The molecule has 0 aromatic carbocycles. The predicted molar refractivity (Wildman–Crippen MR) is 136 cm³/mol. The van der Waals surface area contributed by atoms with Gasteiger partial charge in [-0.15, -0.1) is 11.3 Å². The molecule has 4 rings (SSSR count). The number of thiazole rings is 1. The van der Waals surface area contributed by atoms with Gasteiger partial charge in [-0.05, 0) is 32.9 Å². The molecule has 0 radical (unpaired) electrons. The molecule has 2 atom stereocenters. The topological polar surface area (TPSA) is 124 Å². The van der Waals surface area contributed by atoms with Crippen molar-refractivity contribution in [2.75, 3.05) is 38.7 Å². The Hall–Kier alpha value is -3.12. The molecule has 0 aliphatic carbocycles. The minimum absolute atomic E-state index is 0.0872. The SMILES string of the molecule is COC/C=C/c1sc2c(C(N)=O)cnn2c1-c1cc(NC(=O)CN2C[C@H](C)O[C@@H](C)C2)cnc1C. The van der Waals surface area contributed by atoms with E-state index < -0.39 is 5.91 Å². The van der Waals surface area contributed by atoms with Crippen LogP contribution in [0.25, 0.3) is 22.2 Å². The number of ether oxygens (including phenoxy) is 2. The Balaban J connectivity index is 1.65. The van der Waals surface area contributed by atoms with E-state index in [1.165, 1.54) is 17.5 Å². The summed E-state index contributed by atoms with van der Waals surface area (Å²) in [5.41, 5.74) is 8.80. The van der Waals surface area contributed by atoms with Crippen LogP contribution in [0.2, 0.25) is 0 Å². The number of methoxy groups -OCH3 is 1. The number of amides is 2. The first kappa shape index (κ1) is 25.0. The molecule has 11 heteroatoms. The van der Waals surface area contributed by atoms with Gasteiger partial charge in [0.1, 0.15) is 4.83 Å². The smallest absolute Gasteiger partial charge is 0.253 e. The van der Waals surface area contributed by atoms with Crippen molar-refractivity contribution in [1.29, 1.82) is 0 Å². The molecule has 4 heterocycles. The zero-order valence-corrected chi connectivity index (χ0v) is 21.1. The first-order valence-corrected chi connectivity index (χ1v) is 12.2. The van der Waals surface area contributed by atoms with Crippen molar-refractivity contribution < 1.29 is 19.1 Å². The standard InChI is InChI=1S/C24H30N6O4S/c1-14-11-29(12-15(2)34-14)13-21(31)28-17-8-18(16(3)26-9-17)22-20(6-5-7-33-4)35-24-19(23(25)32)10-27-30(22)24/h5-6,8-10,14-15H,7,11-13H2,1-4H3,(H2,25,32)(H,28,31)/b6-5+/t14-,15-/m0/s1. The zero-order chi connectivity index (χ0) is 25.1. The highest BCUT2D eigenvalue weighted by atomic mass is 32.1. The lowest BCUT2D eigenvalue weighted by Gasteiger charge is -2.34. The fourth-order valence-corrected chi connectivity index (χ4v) is 5.44. The number of hydrogen-bond acceptors (Lipinski definition) is 8. The van der Waals surface area contributed by atoms with E-state index in [9.17, 15) is 9.59 Å². The van der Waals surface area contributed by atoms with Gasteiger partial charge in [-0.25, -0.2) is 4.52 Å². The Morgan fingerprint density at radius 2 is 2.06 bits per heavy atom. The average molecular weight is 499 g/mol. The summed E-state index contributed by atoms with van der Waals surface area (Å²) in [7, 11) is 1.62. The summed E-state index contributed by atoms with van der Waals surface area (Å²) >= 11 is 1.41. The number of pyridine rings is 1. The lowest BCUT2D eigenvalue weighted by Crippen LogP contribution is -2.48. The molecule has 2 amide bonds. The van der Waals surface area contributed by atoms with Crippen molar-refractivity contribution in [2.24, 2.45) is 5.73 Å².